The molecule has 1 N–H and O–H groups in total. The van der Waals surface area contributed by atoms with E-state index in [1.165, 1.54) is 24.5 Å². The van der Waals surface area contributed by atoms with Crippen molar-refractivity contribution < 1.29 is 14.3 Å². The Morgan fingerprint density at radius 2 is 2.06 bits per heavy atom. The Hall–Kier alpha value is -3.24. The van der Waals surface area contributed by atoms with Crippen molar-refractivity contribution >= 4 is 57.4 Å². The number of amides is 1. The Balaban J connectivity index is 1.46. The van der Waals surface area contributed by atoms with Gasteiger partial charge in [-0.25, -0.2) is 19.4 Å². The van der Waals surface area contributed by atoms with Gasteiger partial charge < -0.3 is 15.0 Å². The van der Waals surface area contributed by atoms with Gasteiger partial charge in [0.15, 0.2) is 5.13 Å². The van der Waals surface area contributed by atoms with Crippen molar-refractivity contribution in [3.05, 3.63) is 52.8 Å². The first-order valence-corrected chi connectivity index (χ1v) is 11.5. The van der Waals surface area contributed by atoms with Crippen LogP contribution in [0.4, 0.5) is 22.5 Å². The molecular weight excluding hydrogens is 464 g/mol. The maximum Gasteiger partial charge on any atom is 0.302 e. The van der Waals surface area contributed by atoms with E-state index in [9.17, 15) is 9.59 Å². The molecule has 1 fully saturated rings. The monoisotopic (exact) mass is 486 g/mol. The topological polar surface area (TPSA) is 101 Å². The number of hydrogen-bond donors (Lipinski definition) is 1. The molecule has 1 aromatic carbocycles. The second-order valence-corrected chi connectivity index (χ2v) is 9.02. The summed E-state index contributed by atoms with van der Waals surface area (Å²) in [7, 11) is 0. The summed E-state index contributed by atoms with van der Waals surface area (Å²) in [5.41, 5.74) is 1.52. The van der Waals surface area contributed by atoms with Crippen LogP contribution >= 0.6 is 23.1 Å². The number of carbonyl (C=O) groups excluding carboxylic acids is 2. The van der Waals surface area contributed by atoms with Crippen molar-refractivity contribution in [2.75, 3.05) is 27.7 Å². The number of para-hydroxylation sites is 1. The number of aryl methyl sites for hydroxylation is 2. The number of halogens is 1. The quantitative estimate of drug-likeness (QED) is 0.408. The van der Waals surface area contributed by atoms with Crippen molar-refractivity contribution in [2.24, 2.45) is 0 Å². The van der Waals surface area contributed by atoms with E-state index < -0.39 is 0 Å². The van der Waals surface area contributed by atoms with Gasteiger partial charge in [0.05, 0.1) is 18.4 Å². The van der Waals surface area contributed by atoms with Crippen LogP contribution in [0.2, 0.25) is 0 Å². The third kappa shape index (κ3) is 5.40. The number of ether oxygens (including phenoxy) is 1. The molecule has 4 rings (SSSR count). The van der Waals surface area contributed by atoms with Gasteiger partial charge >= 0.3 is 5.97 Å². The van der Waals surface area contributed by atoms with Crippen molar-refractivity contribution in [3.63, 3.8) is 0 Å². The first-order chi connectivity index (χ1) is 15.8. The van der Waals surface area contributed by atoms with Gasteiger partial charge in [-0.05, 0) is 25.5 Å². The van der Waals surface area contributed by atoms with E-state index in [-0.39, 0.29) is 18.0 Å². The summed E-state index contributed by atoms with van der Waals surface area (Å²) >= 11 is 7.49. The number of benzene rings is 1. The van der Waals surface area contributed by atoms with Gasteiger partial charge in [-0.2, -0.15) is 0 Å². The van der Waals surface area contributed by atoms with Crippen LogP contribution in [-0.2, 0) is 9.53 Å². The van der Waals surface area contributed by atoms with Crippen molar-refractivity contribution in [1.82, 2.24) is 15.0 Å². The molecule has 1 aliphatic heterocycles. The van der Waals surface area contributed by atoms with Gasteiger partial charge in [-0.3, -0.25) is 9.59 Å². The highest BCUT2D eigenvalue weighted by Crippen LogP contribution is 2.29. The van der Waals surface area contributed by atoms with Crippen molar-refractivity contribution in [3.8, 4) is 0 Å². The predicted octanol–water partition coefficient (Wildman–Crippen LogP) is 4.24. The molecule has 1 aliphatic rings. The Bertz CT molecular complexity index is 1190. The number of carbonyl (C=O) groups is 2. The average molecular weight is 487 g/mol. The number of anilines is 4. The van der Waals surface area contributed by atoms with Crippen molar-refractivity contribution in [1.29, 1.82) is 0 Å². The SMILES string of the molecule is CC(=O)OC1CCN(c2cc(Nc3ncc(C(=O)N(Cl)c4ccccc4C)s3)nc(C)n2)C1. The van der Waals surface area contributed by atoms with Gasteiger partial charge in [-0.15, -0.1) is 0 Å². The largest absolute Gasteiger partial charge is 0.461 e. The van der Waals surface area contributed by atoms with Crippen LogP contribution in [0, 0.1) is 13.8 Å². The molecule has 2 aromatic heterocycles. The van der Waals surface area contributed by atoms with Gasteiger partial charge in [0.25, 0.3) is 5.91 Å². The van der Waals surface area contributed by atoms with Gasteiger partial charge in [0, 0.05) is 37.7 Å². The highest BCUT2D eigenvalue weighted by Gasteiger charge is 2.26. The Morgan fingerprint density at radius 3 is 2.82 bits per heavy atom. The molecule has 172 valence electrons. The van der Waals surface area contributed by atoms with Crippen molar-refractivity contribution in [2.45, 2.75) is 33.3 Å². The number of hydrogen-bond acceptors (Lipinski definition) is 9. The first kappa shape index (κ1) is 22.9. The van der Waals surface area contributed by atoms with E-state index >= 15 is 0 Å². The summed E-state index contributed by atoms with van der Waals surface area (Å²) in [5, 5.41) is 3.66. The summed E-state index contributed by atoms with van der Waals surface area (Å²) < 4.78 is 6.41. The van der Waals surface area contributed by atoms with E-state index in [2.05, 4.69) is 25.2 Å². The van der Waals surface area contributed by atoms with Crippen LogP contribution < -0.4 is 14.6 Å². The summed E-state index contributed by atoms with van der Waals surface area (Å²) in [4.78, 5) is 39.7. The van der Waals surface area contributed by atoms with Crippen LogP contribution in [0.15, 0.2) is 36.5 Å². The number of thiazole rings is 1. The molecule has 1 unspecified atom stereocenters. The molecule has 0 radical (unpaired) electrons. The number of rotatable bonds is 6. The van der Waals surface area contributed by atoms with E-state index in [4.69, 9.17) is 16.5 Å². The molecule has 0 spiro atoms. The Kier molecular flexibility index (Phi) is 6.75. The second-order valence-electron chi connectivity index (χ2n) is 7.65. The van der Waals surface area contributed by atoms with Crippen LogP contribution in [-0.4, -0.2) is 46.0 Å². The minimum atomic E-state index is -0.357. The minimum absolute atomic E-state index is 0.145. The number of nitrogens with zero attached hydrogens (tertiary/aromatic N) is 5. The molecule has 11 heteroatoms. The molecule has 1 amide bonds. The fraction of sp³-hybridized carbons (Fsp3) is 0.318. The standard InChI is InChI=1S/C22H23ClN6O3S/c1-13-6-4-5-7-17(13)29(23)21(31)18-11-24-22(33-18)27-19-10-20(26-14(2)25-19)28-9-8-16(12-28)32-15(3)30/h4-7,10-11,16H,8-9,12H2,1-3H3,(H,24,25,26,27). The molecule has 9 nitrogen and oxygen atoms in total. The molecular formula is C22H23ClN6O3S. The summed E-state index contributed by atoms with van der Waals surface area (Å²) in [5.74, 6) is 1.24. The van der Waals surface area contributed by atoms with Crippen LogP contribution in [0.25, 0.3) is 0 Å². The first-order valence-electron chi connectivity index (χ1n) is 10.4. The Labute approximate surface area is 200 Å². The highest BCUT2D eigenvalue weighted by atomic mass is 35.5. The van der Waals surface area contributed by atoms with Crippen LogP contribution in [0.1, 0.15) is 34.4 Å². The lowest BCUT2D eigenvalue weighted by molar-refractivity contribution is -0.145. The lowest BCUT2D eigenvalue weighted by atomic mass is 10.2. The highest BCUT2D eigenvalue weighted by molar-refractivity contribution is 7.17. The zero-order valence-electron chi connectivity index (χ0n) is 18.4. The Morgan fingerprint density at radius 1 is 1.27 bits per heavy atom. The van der Waals surface area contributed by atoms with Gasteiger partial charge in [0.1, 0.15) is 28.4 Å². The average Bonchev–Trinajstić information content (AvgIpc) is 3.42. The molecule has 0 bridgehead atoms. The molecule has 1 saturated heterocycles. The van der Waals surface area contributed by atoms with Crippen LogP contribution in [0.5, 0.6) is 0 Å². The van der Waals surface area contributed by atoms with E-state index in [0.717, 1.165) is 28.8 Å². The molecule has 1 atom stereocenters. The zero-order chi connectivity index (χ0) is 23.5. The third-order valence-electron chi connectivity index (χ3n) is 5.08. The fourth-order valence-corrected chi connectivity index (χ4v) is 4.66. The molecule has 0 saturated carbocycles. The van der Waals surface area contributed by atoms with E-state index in [1.54, 1.807) is 13.0 Å². The summed E-state index contributed by atoms with van der Waals surface area (Å²) in [6.45, 7) is 6.42. The van der Waals surface area contributed by atoms with Gasteiger partial charge in [0.2, 0.25) is 0 Å². The number of aromatic nitrogens is 3. The molecule has 3 aromatic rings. The van der Waals surface area contributed by atoms with Crippen LogP contribution in [0.3, 0.4) is 0 Å². The smallest absolute Gasteiger partial charge is 0.302 e. The maximum atomic E-state index is 12.8. The molecule has 3 heterocycles. The van der Waals surface area contributed by atoms with E-state index in [0.29, 0.717) is 33.9 Å². The summed E-state index contributed by atoms with van der Waals surface area (Å²) in [6, 6.07) is 9.21. The second kappa shape index (κ2) is 9.72. The molecule has 0 aliphatic carbocycles. The van der Waals surface area contributed by atoms with E-state index in [1.807, 2.05) is 31.2 Å². The number of nitrogens with one attached hydrogen (secondary N) is 1. The maximum absolute atomic E-state index is 12.8. The number of esters is 1. The third-order valence-corrected chi connectivity index (χ3v) is 6.32. The van der Waals surface area contributed by atoms with Gasteiger partial charge in [-0.1, -0.05) is 29.5 Å². The minimum Gasteiger partial charge on any atom is -0.461 e. The molecule has 33 heavy (non-hydrogen) atoms. The summed E-state index contributed by atoms with van der Waals surface area (Å²) in [6.07, 6.45) is 2.09. The lowest BCUT2D eigenvalue weighted by Gasteiger charge is -2.18. The normalized spacial score (nSPS) is 15.4. The predicted molar refractivity (Wildman–Crippen MR) is 128 cm³/mol. The fourth-order valence-electron chi connectivity index (χ4n) is 3.58. The lowest BCUT2D eigenvalue weighted by Crippen LogP contribution is -2.25. The zero-order valence-corrected chi connectivity index (χ0v) is 20.0.